The first-order valence-electron chi connectivity index (χ1n) is 9.71. The van der Waals surface area contributed by atoms with Crippen molar-refractivity contribution in [1.82, 2.24) is 0 Å². The van der Waals surface area contributed by atoms with E-state index in [9.17, 15) is 0 Å². The van der Waals surface area contributed by atoms with Crippen LogP contribution in [0.25, 0.3) is 0 Å². The third kappa shape index (κ3) is 7.05. The number of hydrogen-bond donors (Lipinski definition) is 0. The lowest BCUT2D eigenvalue weighted by molar-refractivity contribution is 0.119. The number of benzene rings is 1. The number of unbranched alkanes of at least 4 members (excludes halogenated alkanes) is 1. The van der Waals surface area contributed by atoms with Gasteiger partial charge in [0.25, 0.3) is 0 Å². The Balaban J connectivity index is 1.64. The van der Waals surface area contributed by atoms with Gasteiger partial charge in [-0.1, -0.05) is 42.5 Å². The van der Waals surface area contributed by atoms with Crippen LogP contribution in [-0.4, -0.2) is 6.61 Å². The SMILES string of the molecule is C=CCCCOCc1ccc(CCC2CCC(/C=C/C)CC2)cc1. The molecular formula is C23H34O. The second-order valence-corrected chi connectivity index (χ2v) is 7.15. The Morgan fingerprint density at radius 2 is 1.79 bits per heavy atom. The molecule has 1 nitrogen and oxygen atoms in total. The second-order valence-electron chi connectivity index (χ2n) is 7.15. The number of allylic oxidation sites excluding steroid dienone is 3. The third-order valence-electron chi connectivity index (χ3n) is 5.19. The van der Waals surface area contributed by atoms with E-state index in [2.05, 4.69) is 49.9 Å². The third-order valence-corrected chi connectivity index (χ3v) is 5.19. The van der Waals surface area contributed by atoms with E-state index in [0.29, 0.717) is 0 Å². The van der Waals surface area contributed by atoms with E-state index in [1.165, 1.54) is 49.7 Å². The average Bonchev–Trinajstić information content (AvgIpc) is 2.62. The molecule has 0 aromatic heterocycles. The van der Waals surface area contributed by atoms with E-state index < -0.39 is 0 Å². The van der Waals surface area contributed by atoms with Gasteiger partial charge in [-0.15, -0.1) is 6.58 Å². The fourth-order valence-electron chi connectivity index (χ4n) is 3.63. The molecule has 1 aliphatic rings. The minimum absolute atomic E-state index is 0.729. The van der Waals surface area contributed by atoms with Crippen molar-refractivity contribution >= 4 is 0 Å². The van der Waals surface area contributed by atoms with Gasteiger partial charge in [0.2, 0.25) is 0 Å². The topological polar surface area (TPSA) is 9.23 Å². The number of aryl methyl sites for hydroxylation is 1. The Hall–Kier alpha value is -1.34. The monoisotopic (exact) mass is 326 g/mol. The summed E-state index contributed by atoms with van der Waals surface area (Å²) in [5, 5.41) is 0. The van der Waals surface area contributed by atoms with Crippen LogP contribution < -0.4 is 0 Å². The van der Waals surface area contributed by atoms with Crippen LogP contribution in [-0.2, 0) is 17.8 Å². The van der Waals surface area contributed by atoms with Crippen molar-refractivity contribution in [2.24, 2.45) is 11.8 Å². The molecule has 0 radical (unpaired) electrons. The molecule has 2 rings (SSSR count). The molecule has 0 N–H and O–H groups in total. The number of rotatable bonds is 10. The minimum atomic E-state index is 0.729. The van der Waals surface area contributed by atoms with Crippen molar-refractivity contribution in [3.05, 3.63) is 60.2 Å². The molecule has 1 saturated carbocycles. The van der Waals surface area contributed by atoms with Crippen LogP contribution >= 0.6 is 0 Å². The standard InChI is InChI=1S/C23H34O/c1-3-5-6-18-24-19-23-16-14-22(15-17-23)13-12-21-10-8-20(7-4-2)9-11-21/h3-4,7,14-17,20-21H,1,5-6,8-13,18-19H2,2H3/b7-4+. The largest absolute Gasteiger partial charge is 0.377 e. The molecule has 0 saturated heterocycles. The van der Waals surface area contributed by atoms with Crippen molar-refractivity contribution < 1.29 is 4.74 Å². The molecular weight excluding hydrogens is 292 g/mol. The average molecular weight is 327 g/mol. The summed E-state index contributed by atoms with van der Waals surface area (Å²) in [6.07, 6.45) is 16.8. The highest BCUT2D eigenvalue weighted by molar-refractivity contribution is 5.22. The van der Waals surface area contributed by atoms with Crippen molar-refractivity contribution in [3.8, 4) is 0 Å². The van der Waals surface area contributed by atoms with Crippen LogP contribution in [0.15, 0.2) is 49.1 Å². The molecule has 1 aromatic carbocycles. The van der Waals surface area contributed by atoms with Gasteiger partial charge in [-0.05, 0) is 81.3 Å². The lowest BCUT2D eigenvalue weighted by Crippen LogP contribution is -2.13. The van der Waals surface area contributed by atoms with Crippen molar-refractivity contribution in [2.75, 3.05) is 6.61 Å². The van der Waals surface area contributed by atoms with Crippen molar-refractivity contribution in [3.63, 3.8) is 0 Å². The van der Waals surface area contributed by atoms with Crippen LogP contribution in [0.1, 0.15) is 63.0 Å². The molecule has 0 spiro atoms. The molecule has 0 aliphatic heterocycles. The van der Waals surface area contributed by atoms with Gasteiger partial charge in [0.15, 0.2) is 0 Å². The fraction of sp³-hybridized carbons (Fsp3) is 0.565. The quantitative estimate of drug-likeness (QED) is 0.353. The van der Waals surface area contributed by atoms with Crippen molar-refractivity contribution in [1.29, 1.82) is 0 Å². The molecule has 1 fully saturated rings. The summed E-state index contributed by atoms with van der Waals surface area (Å²) >= 11 is 0. The van der Waals surface area contributed by atoms with Gasteiger partial charge in [-0.25, -0.2) is 0 Å². The van der Waals surface area contributed by atoms with Gasteiger partial charge in [0, 0.05) is 6.61 Å². The zero-order valence-electron chi connectivity index (χ0n) is 15.4. The molecule has 1 aliphatic carbocycles. The van der Waals surface area contributed by atoms with E-state index in [0.717, 1.165) is 37.9 Å². The van der Waals surface area contributed by atoms with Crippen LogP contribution in [0.4, 0.5) is 0 Å². The van der Waals surface area contributed by atoms with Crippen molar-refractivity contribution in [2.45, 2.75) is 64.9 Å². The summed E-state index contributed by atoms with van der Waals surface area (Å²) < 4.78 is 5.69. The Bertz CT molecular complexity index is 477. The van der Waals surface area contributed by atoms with E-state index in [1.54, 1.807) is 0 Å². The molecule has 0 atom stereocenters. The summed E-state index contributed by atoms with van der Waals surface area (Å²) in [5.41, 5.74) is 2.75. The highest BCUT2D eigenvalue weighted by Gasteiger charge is 2.18. The Kier molecular flexibility index (Phi) is 8.91. The summed E-state index contributed by atoms with van der Waals surface area (Å²) in [4.78, 5) is 0. The molecule has 1 heteroatoms. The number of ether oxygens (including phenoxy) is 1. The molecule has 0 unspecified atom stereocenters. The summed E-state index contributed by atoms with van der Waals surface area (Å²) in [7, 11) is 0. The molecule has 132 valence electrons. The van der Waals surface area contributed by atoms with Gasteiger partial charge < -0.3 is 4.74 Å². The number of hydrogen-bond acceptors (Lipinski definition) is 1. The van der Waals surface area contributed by atoms with Crippen LogP contribution in [0, 0.1) is 11.8 Å². The second kappa shape index (κ2) is 11.3. The van der Waals surface area contributed by atoms with Gasteiger partial charge in [0.1, 0.15) is 0 Å². The zero-order valence-corrected chi connectivity index (χ0v) is 15.4. The maximum absolute atomic E-state index is 5.69. The van der Waals surface area contributed by atoms with E-state index in [4.69, 9.17) is 4.74 Å². The Morgan fingerprint density at radius 3 is 2.46 bits per heavy atom. The first-order valence-corrected chi connectivity index (χ1v) is 9.71. The predicted octanol–water partition coefficient (Wildman–Crippen LogP) is 6.48. The van der Waals surface area contributed by atoms with Crippen LogP contribution in [0.5, 0.6) is 0 Å². The lowest BCUT2D eigenvalue weighted by atomic mass is 9.79. The molecule has 1 aromatic rings. The smallest absolute Gasteiger partial charge is 0.0716 e. The van der Waals surface area contributed by atoms with Crippen LogP contribution in [0.3, 0.4) is 0 Å². The fourth-order valence-corrected chi connectivity index (χ4v) is 3.63. The maximum Gasteiger partial charge on any atom is 0.0716 e. The zero-order chi connectivity index (χ0) is 17.0. The molecule has 0 heterocycles. The van der Waals surface area contributed by atoms with E-state index in [1.807, 2.05) is 6.08 Å². The van der Waals surface area contributed by atoms with Gasteiger partial charge in [0.05, 0.1) is 6.61 Å². The first-order chi connectivity index (χ1) is 11.8. The van der Waals surface area contributed by atoms with Gasteiger partial charge >= 0.3 is 0 Å². The minimum Gasteiger partial charge on any atom is -0.377 e. The Morgan fingerprint density at radius 1 is 1.08 bits per heavy atom. The highest BCUT2D eigenvalue weighted by atomic mass is 16.5. The lowest BCUT2D eigenvalue weighted by Gasteiger charge is -2.26. The molecule has 0 bridgehead atoms. The first kappa shape index (κ1) is 19.0. The van der Waals surface area contributed by atoms with E-state index >= 15 is 0 Å². The summed E-state index contributed by atoms with van der Waals surface area (Å²) in [6.45, 7) is 7.42. The van der Waals surface area contributed by atoms with Gasteiger partial charge in [-0.2, -0.15) is 0 Å². The molecule has 24 heavy (non-hydrogen) atoms. The van der Waals surface area contributed by atoms with Crippen LogP contribution in [0.2, 0.25) is 0 Å². The highest BCUT2D eigenvalue weighted by Crippen LogP contribution is 2.32. The van der Waals surface area contributed by atoms with Gasteiger partial charge in [-0.3, -0.25) is 0 Å². The summed E-state index contributed by atoms with van der Waals surface area (Å²) in [5.74, 6) is 1.77. The maximum atomic E-state index is 5.69. The predicted molar refractivity (Wildman–Crippen MR) is 104 cm³/mol. The summed E-state index contributed by atoms with van der Waals surface area (Å²) in [6, 6.07) is 9.03. The Labute approximate surface area is 148 Å². The molecule has 0 amide bonds. The normalized spacial score (nSPS) is 21.2. The van der Waals surface area contributed by atoms with E-state index in [-0.39, 0.29) is 0 Å².